The van der Waals surface area contributed by atoms with Gasteiger partial charge in [0.15, 0.2) is 5.65 Å². The summed E-state index contributed by atoms with van der Waals surface area (Å²) in [5.41, 5.74) is 3.48. The predicted octanol–water partition coefficient (Wildman–Crippen LogP) is 3.11. The van der Waals surface area contributed by atoms with Crippen LogP contribution in [0.4, 0.5) is 4.79 Å². The van der Waals surface area contributed by atoms with Crippen molar-refractivity contribution in [2.45, 2.75) is 77.1 Å². The fourth-order valence-corrected chi connectivity index (χ4v) is 4.44. The summed E-state index contributed by atoms with van der Waals surface area (Å²) in [6.07, 6.45) is 8.72. The highest BCUT2D eigenvalue weighted by Gasteiger charge is 2.40. The van der Waals surface area contributed by atoms with Crippen molar-refractivity contribution in [3.05, 3.63) is 23.7 Å². The Bertz CT molecular complexity index is 965. The molecule has 0 spiro atoms. The summed E-state index contributed by atoms with van der Waals surface area (Å²) < 4.78 is 12.5. The molecule has 2 atom stereocenters. The summed E-state index contributed by atoms with van der Waals surface area (Å²) in [6.45, 7) is 5.84. The predicted molar refractivity (Wildman–Crippen MR) is 119 cm³/mol. The summed E-state index contributed by atoms with van der Waals surface area (Å²) in [4.78, 5) is 36.1. The number of aryl methyl sites for hydroxylation is 2. The third-order valence-corrected chi connectivity index (χ3v) is 6.26. The van der Waals surface area contributed by atoms with Gasteiger partial charge in [0.2, 0.25) is 0 Å². The van der Waals surface area contributed by atoms with Crippen molar-refractivity contribution in [3.8, 4) is 0 Å². The van der Waals surface area contributed by atoms with Gasteiger partial charge in [-0.05, 0) is 52.4 Å². The van der Waals surface area contributed by atoms with Gasteiger partial charge in [-0.15, -0.1) is 0 Å². The van der Waals surface area contributed by atoms with E-state index in [-0.39, 0.29) is 24.1 Å². The maximum absolute atomic E-state index is 13.4. The number of amides is 2. The summed E-state index contributed by atoms with van der Waals surface area (Å²) in [5.74, 6) is 0.1000. The van der Waals surface area contributed by atoms with E-state index in [1.165, 1.54) is 7.11 Å². The lowest BCUT2D eigenvalue weighted by Crippen LogP contribution is -2.44. The molecule has 1 saturated heterocycles. The molecule has 2 amide bonds. The van der Waals surface area contributed by atoms with Crippen LogP contribution in [0.25, 0.3) is 11.2 Å². The van der Waals surface area contributed by atoms with Gasteiger partial charge in [0, 0.05) is 43.7 Å². The Balaban J connectivity index is 1.57. The maximum Gasteiger partial charge on any atom is 0.406 e. The molecule has 32 heavy (non-hydrogen) atoms. The second-order valence-corrected chi connectivity index (χ2v) is 8.74. The SMILES string of the molecule is COC(=O)NCCCn1cc([C@@H](C)N(C(=O)[C@H]2CCCCO2)C2CC2)c2ncc(C)nc21. The molecule has 4 rings (SSSR count). The average Bonchev–Trinajstić information content (AvgIpc) is 3.58. The summed E-state index contributed by atoms with van der Waals surface area (Å²) in [7, 11) is 1.35. The molecular formula is C23H33N5O4. The number of aromatic nitrogens is 3. The first kappa shape index (κ1) is 22.5. The molecule has 0 unspecified atom stereocenters. The lowest BCUT2D eigenvalue weighted by atomic mass is 10.0. The Kier molecular flexibility index (Phi) is 6.93. The number of carbonyl (C=O) groups is 2. The molecular weight excluding hydrogens is 410 g/mol. The van der Waals surface area contributed by atoms with Crippen molar-refractivity contribution in [2.75, 3.05) is 20.3 Å². The van der Waals surface area contributed by atoms with Crippen molar-refractivity contribution >= 4 is 23.2 Å². The second-order valence-electron chi connectivity index (χ2n) is 8.74. The quantitative estimate of drug-likeness (QED) is 0.630. The van der Waals surface area contributed by atoms with Gasteiger partial charge in [-0.25, -0.2) is 9.78 Å². The highest BCUT2D eigenvalue weighted by Crippen LogP contribution is 2.38. The fourth-order valence-electron chi connectivity index (χ4n) is 4.44. The third kappa shape index (κ3) is 4.87. The summed E-state index contributed by atoms with van der Waals surface area (Å²) in [6, 6.07) is 0.151. The van der Waals surface area contributed by atoms with Crippen LogP contribution in [0.3, 0.4) is 0 Å². The first-order valence-electron chi connectivity index (χ1n) is 11.6. The fraction of sp³-hybridized carbons (Fsp3) is 0.652. The van der Waals surface area contributed by atoms with E-state index in [1.54, 1.807) is 6.20 Å². The highest BCUT2D eigenvalue weighted by molar-refractivity contribution is 5.83. The number of methoxy groups -OCH3 is 1. The molecule has 1 aliphatic carbocycles. The molecule has 0 radical (unpaired) electrons. The van der Waals surface area contributed by atoms with Crippen LogP contribution in [-0.4, -0.2) is 63.8 Å². The zero-order chi connectivity index (χ0) is 22.7. The first-order chi connectivity index (χ1) is 15.5. The van der Waals surface area contributed by atoms with Crippen LogP contribution in [0.2, 0.25) is 0 Å². The number of nitrogens with zero attached hydrogens (tertiary/aromatic N) is 4. The minimum atomic E-state index is -0.434. The first-order valence-corrected chi connectivity index (χ1v) is 11.6. The van der Waals surface area contributed by atoms with Crippen molar-refractivity contribution in [1.29, 1.82) is 0 Å². The van der Waals surface area contributed by atoms with Gasteiger partial charge in [0.1, 0.15) is 11.6 Å². The maximum atomic E-state index is 13.4. The molecule has 1 aliphatic heterocycles. The van der Waals surface area contributed by atoms with Crippen molar-refractivity contribution < 1.29 is 19.1 Å². The number of hydrogen-bond acceptors (Lipinski definition) is 6. The molecule has 0 bridgehead atoms. The monoisotopic (exact) mass is 443 g/mol. The molecule has 9 heteroatoms. The lowest BCUT2D eigenvalue weighted by Gasteiger charge is -2.33. The van der Waals surface area contributed by atoms with Gasteiger partial charge in [0.05, 0.1) is 18.8 Å². The number of ether oxygens (including phenoxy) is 2. The van der Waals surface area contributed by atoms with Gasteiger partial charge in [-0.1, -0.05) is 0 Å². The number of carbonyl (C=O) groups excluding carboxylic acids is 2. The Morgan fingerprint density at radius 1 is 1.34 bits per heavy atom. The van der Waals surface area contributed by atoms with Gasteiger partial charge >= 0.3 is 6.09 Å². The van der Waals surface area contributed by atoms with Crippen LogP contribution in [0.1, 0.15) is 62.7 Å². The van der Waals surface area contributed by atoms with E-state index < -0.39 is 6.09 Å². The second kappa shape index (κ2) is 9.85. The van der Waals surface area contributed by atoms with E-state index in [0.717, 1.165) is 60.9 Å². The number of hydrogen-bond donors (Lipinski definition) is 1. The van der Waals surface area contributed by atoms with E-state index in [0.29, 0.717) is 19.7 Å². The zero-order valence-corrected chi connectivity index (χ0v) is 19.2. The van der Waals surface area contributed by atoms with Crippen molar-refractivity contribution in [2.24, 2.45) is 0 Å². The van der Waals surface area contributed by atoms with Crippen molar-refractivity contribution in [3.63, 3.8) is 0 Å². The van der Waals surface area contributed by atoms with E-state index in [2.05, 4.69) is 32.7 Å². The van der Waals surface area contributed by atoms with Gasteiger partial charge < -0.3 is 24.3 Å². The van der Waals surface area contributed by atoms with Crippen LogP contribution in [0, 0.1) is 6.92 Å². The lowest BCUT2D eigenvalue weighted by molar-refractivity contribution is -0.149. The van der Waals surface area contributed by atoms with Gasteiger partial charge in [0.25, 0.3) is 5.91 Å². The standard InChI is InChI=1S/C23H33N5O4/c1-15-13-25-20-18(14-27(21(20)26-15)11-6-10-24-23(30)31-3)16(2)28(17-8-9-17)22(29)19-7-4-5-12-32-19/h13-14,16-17,19H,4-12H2,1-3H3,(H,24,30)/t16-,19-/m1/s1. The number of alkyl carbamates (subject to hydrolysis) is 1. The van der Waals surface area contributed by atoms with Crippen LogP contribution < -0.4 is 5.32 Å². The highest BCUT2D eigenvalue weighted by atomic mass is 16.5. The van der Waals surface area contributed by atoms with Crippen LogP contribution in [0.5, 0.6) is 0 Å². The molecule has 0 aromatic carbocycles. The number of nitrogens with one attached hydrogen (secondary N) is 1. The molecule has 2 aliphatic rings. The largest absolute Gasteiger partial charge is 0.453 e. The van der Waals surface area contributed by atoms with Crippen LogP contribution >= 0.6 is 0 Å². The minimum absolute atomic E-state index is 0.1000. The molecule has 9 nitrogen and oxygen atoms in total. The minimum Gasteiger partial charge on any atom is -0.453 e. The van der Waals surface area contributed by atoms with Crippen LogP contribution in [0.15, 0.2) is 12.4 Å². The van der Waals surface area contributed by atoms with E-state index in [4.69, 9.17) is 9.72 Å². The molecule has 1 saturated carbocycles. The molecule has 3 heterocycles. The molecule has 2 aromatic rings. The Morgan fingerprint density at radius 2 is 2.16 bits per heavy atom. The van der Waals surface area contributed by atoms with Gasteiger partial charge in [-0.3, -0.25) is 9.78 Å². The molecule has 1 N–H and O–H groups in total. The summed E-state index contributed by atoms with van der Waals surface area (Å²) in [5, 5.41) is 2.71. The van der Waals surface area contributed by atoms with Crippen LogP contribution in [-0.2, 0) is 20.8 Å². The third-order valence-electron chi connectivity index (χ3n) is 6.26. The van der Waals surface area contributed by atoms with E-state index >= 15 is 0 Å². The average molecular weight is 444 g/mol. The topological polar surface area (TPSA) is 98.6 Å². The number of fused-ring (bicyclic) bond motifs is 1. The molecule has 2 fully saturated rings. The normalized spacial score (nSPS) is 19.5. The number of rotatable bonds is 8. The summed E-state index contributed by atoms with van der Waals surface area (Å²) >= 11 is 0. The Labute approximate surface area is 188 Å². The van der Waals surface area contributed by atoms with Crippen molar-refractivity contribution in [1.82, 2.24) is 24.8 Å². The van der Waals surface area contributed by atoms with E-state index in [9.17, 15) is 9.59 Å². The Morgan fingerprint density at radius 3 is 2.84 bits per heavy atom. The van der Waals surface area contributed by atoms with E-state index in [1.807, 2.05) is 11.8 Å². The molecule has 174 valence electrons. The zero-order valence-electron chi connectivity index (χ0n) is 19.2. The van der Waals surface area contributed by atoms with Gasteiger partial charge in [-0.2, -0.15) is 0 Å². The molecule has 2 aromatic heterocycles. The Hall–Kier alpha value is -2.68. The smallest absolute Gasteiger partial charge is 0.406 e.